The maximum absolute atomic E-state index is 13.6. The van der Waals surface area contributed by atoms with Crippen molar-refractivity contribution in [2.75, 3.05) is 32.1 Å². The van der Waals surface area contributed by atoms with Gasteiger partial charge in [0, 0.05) is 25.2 Å². The summed E-state index contributed by atoms with van der Waals surface area (Å²) in [4.78, 5) is 22.4. The fourth-order valence-corrected chi connectivity index (χ4v) is 5.30. The molecule has 0 bridgehead atoms. The number of carbonyl (C=O) groups is 2. The molecule has 224 valence electrons. The second kappa shape index (κ2) is 13.2. The third kappa shape index (κ3) is 7.28. The average Bonchev–Trinajstić information content (AvgIpc) is 3.59. The first-order chi connectivity index (χ1) is 20.1. The molecule has 2 aromatic carbocycles. The molecule has 0 aliphatic rings. The molecule has 0 fully saturated rings. The number of aromatic nitrogens is 3. The van der Waals surface area contributed by atoms with Crippen LogP contribution in [0.15, 0.2) is 52.1 Å². The largest absolute Gasteiger partial charge is 0.496 e. The van der Waals surface area contributed by atoms with Gasteiger partial charge in [0.1, 0.15) is 28.4 Å². The zero-order valence-electron chi connectivity index (χ0n) is 23.6. The number of anilines is 1. The summed E-state index contributed by atoms with van der Waals surface area (Å²) in [6.07, 6.45) is 3.46. The Morgan fingerprint density at radius 3 is 2.57 bits per heavy atom. The number of alkyl carbamates (subject to hydrolysis) is 1. The Morgan fingerprint density at radius 2 is 1.86 bits per heavy atom. The second-order valence-corrected chi connectivity index (χ2v) is 10.8. The average molecular weight is 601 g/mol. The lowest BCUT2D eigenvalue weighted by Crippen LogP contribution is -2.25. The number of hydrogen-bond acceptors (Lipinski definition) is 10. The molecule has 2 aromatic heterocycles. The number of carbonyl (C=O) groups excluding carboxylic acids is 2. The first kappa shape index (κ1) is 30.2. The van der Waals surface area contributed by atoms with E-state index in [1.165, 1.54) is 27.2 Å². The first-order valence-corrected chi connectivity index (χ1v) is 14.4. The van der Waals surface area contributed by atoms with Gasteiger partial charge in [0.2, 0.25) is 5.91 Å². The van der Waals surface area contributed by atoms with Gasteiger partial charge in [-0.1, -0.05) is 18.1 Å². The van der Waals surface area contributed by atoms with Crippen LogP contribution in [0.25, 0.3) is 11.0 Å². The quantitative estimate of drug-likeness (QED) is 0.193. The number of aryl methyl sites for hydroxylation is 1. The molecule has 0 aliphatic carbocycles. The zero-order chi connectivity index (χ0) is 30.3. The number of rotatable bonds is 13. The van der Waals surface area contributed by atoms with E-state index in [4.69, 9.17) is 14.0 Å². The lowest BCUT2D eigenvalue weighted by molar-refractivity contribution is -0.119. The van der Waals surface area contributed by atoms with E-state index in [2.05, 4.69) is 30.3 Å². The fourth-order valence-electron chi connectivity index (χ4n) is 4.10. The highest BCUT2D eigenvalue weighted by atomic mass is 32.2. The van der Waals surface area contributed by atoms with Gasteiger partial charge in [0.25, 0.3) is 10.0 Å². The van der Waals surface area contributed by atoms with Crippen molar-refractivity contribution in [2.24, 2.45) is 0 Å². The number of methoxy groups -OCH3 is 2. The predicted molar refractivity (Wildman–Crippen MR) is 152 cm³/mol. The molecule has 4 rings (SSSR count). The molecule has 0 spiro atoms. The summed E-state index contributed by atoms with van der Waals surface area (Å²) in [5.41, 5.74) is 2.62. The topological polar surface area (TPSA) is 176 Å². The van der Waals surface area contributed by atoms with Crippen molar-refractivity contribution >= 4 is 38.8 Å². The van der Waals surface area contributed by atoms with Gasteiger partial charge < -0.3 is 29.4 Å². The molecular weight excluding hydrogens is 568 g/mol. The van der Waals surface area contributed by atoms with Crippen LogP contribution in [0.1, 0.15) is 30.5 Å². The highest BCUT2D eigenvalue weighted by Crippen LogP contribution is 2.36. The van der Waals surface area contributed by atoms with Crippen molar-refractivity contribution in [1.82, 2.24) is 25.6 Å². The van der Waals surface area contributed by atoms with E-state index in [0.29, 0.717) is 29.7 Å². The van der Waals surface area contributed by atoms with Gasteiger partial charge in [-0.15, -0.1) is 0 Å². The Balaban J connectivity index is 1.57. The lowest BCUT2D eigenvalue weighted by atomic mass is 10.1. The molecule has 2 amide bonds. The van der Waals surface area contributed by atoms with Crippen LogP contribution in [-0.2, 0) is 39.1 Å². The van der Waals surface area contributed by atoms with Crippen LogP contribution >= 0.6 is 0 Å². The molecule has 2 heterocycles. The number of nitrogens with zero attached hydrogens (tertiary/aromatic N) is 3. The Labute approximate surface area is 242 Å². The van der Waals surface area contributed by atoms with Gasteiger partial charge in [-0.3, -0.25) is 14.2 Å². The van der Waals surface area contributed by atoms with Crippen LogP contribution in [0.5, 0.6) is 11.5 Å². The Bertz CT molecular complexity index is 1680. The molecule has 0 aliphatic heterocycles. The van der Waals surface area contributed by atoms with Gasteiger partial charge in [0.15, 0.2) is 11.4 Å². The van der Waals surface area contributed by atoms with Crippen LogP contribution in [0.4, 0.5) is 10.6 Å². The van der Waals surface area contributed by atoms with E-state index in [0.717, 1.165) is 16.7 Å². The minimum atomic E-state index is -4.18. The highest BCUT2D eigenvalue weighted by Gasteiger charge is 2.25. The summed E-state index contributed by atoms with van der Waals surface area (Å²) in [5, 5.41) is 13.8. The molecule has 3 N–H and O–H groups in total. The van der Waals surface area contributed by atoms with Crippen molar-refractivity contribution in [2.45, 2.75) is 38.3 Å². The van der Waals surface area contributed by atoms with Crippen LogP contribution in [0.3, 0.4) is 0 Å². The third-order valence-electron chi connectivity index (χ3n) is 6.14. The molecular formula is C27H32N6O8S. The fraction of sp³-hybridized carbons (Fsp3) is 0.333. The van der Waals surface area contributed by atoms with Gasteiger partial charge in [-0.05, 0) is 41.8 Å². The maximum atomic E-state index is 13.6. The normalized spacial score (nSPS) is 11.2. The van der Waals surface area contributed by atoms with Crippen LogP contribution in [-0.4, -0.2) is 62.7 Å². The van der Waals surface area contributed by atoms with E-state index in [1.54, 1.807) is 41.3 Å². The van der Waals surface area contributed by atoms with E-state index < -0.39 is 16.1 Å². The number of benzene rings is 2. The summed E-state index contributed by atoms with van der Waals surface area (Å²) < 4.78 is 52.6. The second-order valence-electron chi connectivity index (χ2n) is 9.17. The Kier molecular flexibility index (Phi) is 9.52. The molecule has 4 aromatic rings. The van der Waals surface area contributed by atoms with Gasteiger partial charge in [-0.2, -0.15) is 5.10 Å². The number of ether oxygens (including phenoxy) is 3. The van der Waals surface area contributed by atoms with E-state index in [-0.39, 0.29) is 42.1 Å². The SMILES string of the molecule is CCc1ccc(OCCNC(C)=O)c(S(=O)(=O)Nc2noc3cc(Cn4cc(CNC(=O)OC)cn4)cc(OC)c23)c1. The summed E-state index contributed by atoms with van der Waals surface area (Å²) in [6, 6.07) is 8.35. The molecule has 0 radical (unpaired) electrons. The van der Waals surface area contributed by atoms with Crippen LogP contribution in [0, 0.1) is 0 Å². The van der Waals surface area contributed by atoms with Crippen molar-refractivity contribution < 1.29 is 36.7 Å². The van der Waals surface area contributed by atoms with Crippen LogP contribution < -0.4 is 24.8 Å². The summed E-state index contributed by atoms with van der Waals surface area (Å²) in [5.74, 6) is 0.212. The van der Waals surface area contributed by atoms with Crippen LogP contribution in [0.2, 0.25) is 0 Å². The predicted octanol–water partition coefficient (Wildman–Crippen LogP) is 2.82. The molecule has 42 heavy (non-hydrogen) atoms. The van der Waals surface area contributed by atoms with Crippen molar-refractivity contribution in [3.8, 4) is 11.5 Å². The first-order valence-electron chi connectivity index (χ1n) is 13.0. The molecule has 0 saturated carbocycles. The van der Waals surface area contributed by atoms with E-state index in [1.807, 2.05) is 6.92 Å². The number of sulfonamides is 1. The summed E-state index contributed by atoms with van der Waals surface area (Å²) in [7, 11) is -1.43. The number of fused-ring (bicyclic) bond motifs is 1. The minimum Gasteiger partial charge on any atom is -0.496 e. The standard InChI is InChI=1S/C27H32N6O8S/c1-5-18-6-7-21(40-9-8-28-17(2)34)24(12-18)42(36,37)32-26-25-22(38-3)10-19(11-23(25)41-31-26)15-33-16-20(14-30-33)13-29-27(35)39-4/h6-7,10-12,14,16H,5,8-9,13,15H2,1-4H3,(H,28,34)(H,29,35)(H,31,32). The number of amides is 2. The van der Waals surface area contributed by atoms with Gasteiger partial charge in [-0.25, -0.2) is 13.2 Å². The maximum Gasteiger partial charge on any atom is 0.407 e. The highest BCUT2D eigenvalue weighted by molar-refractivity contribution is 7.92. The molecule has 0 atom stereocenters. The Hall–Kier alpha value is -4.79. The third-order valence-corrected chi connectivity index (χ3v) is 7.50. The molecule has 0 saturated heterocycles. The molecule has 15 heteroatoms. The monoisotopic (exact) mass is 600 g/mol. The van der Waals surface area contributed by atoms with Gasteiger partial charge in [0.05, 0.1) is 33.5 Å². The Morgan fingerprint density at radius 1 is 1.05 bits per heavy atom. The van der Waals surface area contributed by atoms with Crippen molar-refractivity contribution in [1.29, 1.82) is 0 Å². The van der Waals surface area contributed by atoms with E-state index in [9.17, 15) is 18.0 Å². The minimum absolute atomic E-state index is 0.0465. The summed E-state index contributed by atoms with van der Waals surface area (Å²) in [6.45, 7) is 4.19. The van der Waals surface area contributed by atoms with Crippen molar-refractivity contribution in [3.05, 3.63) is 59.4 Å². The smallest absolute Gasteiger partial charge is 0.407 e. The van der Waals surface area contributed by atoms with Crippen molar-refractivity contribution in [3.63, 3.8) is 0 Å². The van der Waals surface area contributed by atoms with Gasteiger partial charge >= 0.3 is 6.09 Å². The molecule has 0 unspecified atom stereocenters. The summed E-state index contributed by atoms with van der Waals surface area (Å²) >= 11 is 0. The number of nitrogens with one attached hydrogen (secondary N) is 3. The van der Waals surface area contributed by atoms with E-state index >= 15 is 0 Å². The zero-order valence-corrected chi connectivity index (χ0v) is 24.4. The number of hydrogen-bond donors (Lipinski definition) is 3. The molecule has 14 nitrogen and oxygen atoms in total. The lowest BCUT2D eigenvalue weighted by Gasteiger charge is -2.14.